The van der Waals surface area contributed by atoms with Gasteiger partial charge in [-0.15, -0.1) is 0 Å². The van der Waals surface area contributed by atoms with Gasteiger partial charge >= 0.3 is 0 Å². The highest BCUT2D eigenvalue weighted by Crippen LogP contribution is 2.44. The first kappa shape index (κ1) is 13.3. The Morgan fingerprint density at radius 3 is 2.16 bits per heavy atom. The van der Waals surface area contributed by atoms with E-state index in [-0.39, 0.29) is 17.2 Å². The van der Waals surface area contributed by atoms with Crippen molar-refractivity contribution >= 4 is 0 Å². The molecule has 3 nitrogen and oxygen atoms in total. The molecular weight excluding hydrogens is 240 g/mol. The van der Waals surface area contributed by atoms with E-state index >= 15 is 0 Å². The molecule has 2 aromatic carbocycles. The Bertz CT molecular complexity index is 603. The molecule has 3 heteroatoms. The van der Waals surface area contributed by atoms with E-state index in [0.29, 0.717) is 17.5 Å². The lowest BCUT2D eigenvalue weighted by atomic mass is 9.95. The summed E-state index contributed by atoms with van der Waals surface area (Å²) in [4.78, 5) is 0. The molecule has 0 atom stereocenters. The average molecular weight is 258 g/mol. The highest BCUT2D eigenvalue weighted by Gasteiger charge is 2.18. The van der Waals surface area contributed by atoms with Crippen LogP contribution in [-0.2, 0) is 12.8 Å². The first-order valence-corrected chi connectivity index (χ1v) is 6.45. The van der Waals surface area contributed by atoms with Crippen molar-refractivity contribution in [3.05, 3.63) is 41.5 Å². The van der Waals surface area contributed by atoms with Crippen LogP contribution in [0.25, 0.3) is 11.1 Å². The van der Waals surface area contributed by atoms with E-state index in [4.69, 9.17) is 0 Å². The highest BCUT2D eigenvalue weighted by molar-refractivity contribution is 5.78. The smallest absolute Gasteiger partial charge is 0.166 e. The van der Waals surface area contributed by atoms with Gasteiger partial charge in [0.2, 0.25) is 0 Å². The van der Waals surface area contributed by atoms with Crippen molar-refractivity contribution in [1.82, 2.24) is 0 Å². The van der Waals surface area contributed by atoms with Gasteiger partial charge in [0.05, 0.1) is 0 Å². The van der Waals surface area contributed by atoms with Crippen molar-refractivity contribution in [2.45, 2.75) is 26.7 Å². The number of aromatic hydroxyl groups is 3. The number of phenols is 3. The quantitative estimate of drug-likeness (QED) is 0.582. The van der Waals surface area contributed by atoms with Gasteiger partial charge in [0.15, 0.2) is 11.5 Å². The van der Waals surface area contributed by atoms with Crippen LogP contribution >= 0.6 is 0 Å². The number of benzene rings is 2. The first-order chi connectivity index (χ1) is 9.10. The third-order valence-corrected chi connectivity index (χ3v) is 3.40. The van der Waals surface area contributed by atoms with Crippen LogP contribution in [0, 0.1) is 0 Å². The molecule has 0 saturated heterocycles. The van der Waals surface area contributed by atoms with Crippen LogP contribution in [0.3, 0.4) is 0 Å². The molecular formula is C16H18O3. The summed E-state index contributed by atoms with van der Waals surface area (Å²) in [7, 11) is 0. The molecule has 0 aliphatic rings. The summed E-state index contributed by atoms with van der Waals surface area (Å²) < 4.78 is 0. The van der Waals surface area contributed by atoms with E-state index in [2.05, 4.69) is 0 Å². The molecule has 0 heterocycles. The van der Waals surface area contributed by atoms with Crippen LogP contribution in [0.1, 0.15) is 25.0 Å². The molecule has 0 aliphatic carbocycles. The SMILES string of the molecule is CCc1ccccc1-c1cc(O)c(CC)c(O)c1O. The van der Waals surface area contributed by atoms with Gasteiger partial charge in [-0.2, -0.15) is 0 Å². The molecule has 0 unspecified atom stereocenters. The summed E-state index contributed by atoms with van der Waals surface area (Å²) in [6, 6.07) is 9.16. The maximum atomic E-state index is 10.1. The predicted molar refractivity (Wildman–Crippen MR) is 75.6 cm³/mol. The number of hydrogen-bond donors (Lipinski definition) is 3. The van der Waals surface area contributed by atoms with Crippen LogP contribution in [0.4, 0.5) is 0 Å². The second-order valence-electron chi connectivity index (χ2n) is 4.48. The van der Waals surface area contributed by atoms with Crippen LogP contribution in [0.2, 0.25) is 0 Å². The highest BCUT2D eigenvalue weighted by atomic mass is 16.3. The Labute approximate surface area is 112 Å². The Kier molecular flexibility index (Phi) is 3.65. The Balaban J connectivity index is 2.70. The summed E-state index contributed by atoms with van der Waals surface area (Å²) in [6.07, 6.45) is 1.27. The third-order valence-electron chi connectivity index (χ3n) is 3.40. The topological polar surface area (TPSA) is 60.7 Å². The number of rotatable bonds is 3. The number of phenolic OH excluding ortho intramolecular Hbond substituents is 3. The Morgan fingerprint density at radius 1 is 0.842 bits per heavy atom. The maximum Gasteiger partial charge on any atom is 0.166 e. The van der Waals surface area contributed by atoms with Gasteiger partial charge in [-0.25, -0.2) is 0 Å². The second-order valence-corrected chi connectivity index (χ2v) is 4.48. The maximum absolute atomic E-state index is 10.1. The van der Waals surface area contributed by atoms with Crippen LogP contribution in [0.15, 0.2) is 30.3 Å². The van der Waals surface area contributed by atoms with Gasteiger partial charge in [-0.05, 0) is 30.0 Å². The normalized spacial score (nSPS) is 10.6. The molecule has 0 radical (unpaired) electrons. The second kappa shape index (κ2) is 5.22. The van der Waals surface area contributed by atoms with E-state index in [9.17, 15) is 15.3 Å². The molecule has 0 aromatic heterocycles. The Hall–Kier alpha value is -2.16. The van der Waals surface area contributed by atoms with Gasteiger partial charge in [-0.3, -0.25) is 0 Å². The standard InChI is InChI=1S/C16H18O3/c1-3-10-7-5-6-8-12(10)13-9-14(17)11(4-2)15(18)16(13)19/h5-9,17-19H,3-4H2,1-2H3. The molecule has 0 saturated carbocycles. The van der Waals surface area contributed by atoms with Crippen molar-refractivity contribution in [3.63, 3.8) is 0 Å². The van der Waals surface area contributed by atoms with E-state index in [1.54, 1.807) is 0 Å². The van der Waals surface area contributed by atoms with Crippen molar-refractivity contribution < 1.29 is 15.3 Å². The van der Waals surface area contributed by atoms with E-state index < -0.39 is 0 Å². The molecule has 19 heavy (non-hydrogen) atoms. The predicted octanol–water partition coefficient (Wildman–Crippen LogP) is 3.60. The molecule has 0 spiro atoms. The lowest BCUT2D eigenvalue weighted by Gasteiger charge is -2.14. The van der Waals surface area contributed by atoms with Gasteiger partial charge in [0, 0.05) is 11.1 Å². The van der Waals surface area contributed by atoms with Gasteiger partial charge < -0.3 is 15.3 Å². The summed E-state index contributed by atoms with van der Waals surface area (Å²) in [5.74, 6) is -0.391. The van der Waals surface area contributed by atoms with Gasteiger partial charge in [0.25, 0.3) is 0 Å². The lowest BCUT2D eigenvalue weighted by molar-refractivity contribution is 0.391. The molecule has 0 fully saturated rings. The van der Waals surface area contributed by atoms with Crippen LogP contribution in [0.5, 0.6) is 17.2 Å². The van der Waals surface area contributed by atoms with Crippen LogP contribution in [-0.4, -0.2) is 15.3 Å². The zero-order valence-electron chi connectivity index (χ0n) is 11.1. The molecule has 3 N–H and O–H groups in total. The van der Waals surface area contributed by atoms with E-state index in [1.807, 2.05) is 38.1 Å². The number of hydrogen-bond acceptors (Lipinski definition) is 3. The Morgan fingerprint density at radius 2 is 1.53 bits per heavy atom. The molecule has 0 amide bonds. The van der Waals surface area contributed by atoms with Gasteiger partial charge in [0.1, 0.15) is 5.75 Å². The summed E-state index contributed by atoms with van der Waals surface area (Å²) in [5.41, 5.74) is 2.72. The van der Waals surface area contributed by atoms with Crippen molar-refractivity contribution in [1.29, 1.82) is 0 Å². The zero-order valence-corrected chi connectivity index (χ0v) is 11.1. The fraction of sp³-hybridized carbons (Fsp3) is 0.250. The fourth-order valence-corrected chi connectivity index (χ4v) is 2.33. The number of aryl methyl sites for hydroxylation is 1. The zero-order chi connectivity index (χ0) is 14.0. The van der Waals surface area contributed by atoms with Crippen LogP contribution < -0.4 is 0 Å². The minimum atomic E-state index is -0.233. The van der Waals surface area contributed by atoms with E-state index in [0.717, 1.165) is 17.5 Å². The minimum absolute atomic E-state index is 0.0127. The van der Waals surface area contributed by atoms with E-state index in [1.165, 1.54) is 6.07 Å². The molecule has 100 valence electrons. The van der Waals surface area contributed by atoms with Crippen molar-refractivity contribution in [2.24, 2.45) is 0 Å². The lowest BCUT2D eigenvalue weighted by Crippen LogP contribution is -1.91. The summed E-state index contributed by atoms with van der Waals surface area (Å²) in [5, 5.41) is 30.1. The van der Waals surface area contributed by atoms with Gasteiger partial charge in [-0.1, -0.05) is 38.1 Å². The largest absolute Gasteiger partial charge is 0.508 e. The average Bonchev–Trinajstić information content (AvgIpc) is 2.43. The minimum Gasteiger partial charge on any atom is -0.508 e. The summed E-state index contributed by atoms with van der Waals surface area (Å²) >= 11 is 0. The molecule has 2 rings (SSSR count). The molecule has 0 bridgehead atoms. The molecule has 0 aliphatic heterocycles. The third kappa shape index (κ3) is 2.24. The summed E-state index contributed by atoms with van der Waals surface area (Å²) in [6.45, 7) is 3.84. The van der Waals surface area contributed by atoms with Crippen molar-refractivity contribution in [2.75, 3.05) is 0 Å². The monoisotopic (exact) mass is 258 g/mol. The van der Waals surface area contributed by atoms with Crippen molar-refractivity contribution in [3.8, 4) is 28.4 Å². The fourth-order valence-electron chi connectivity index (χ4n) is 2.33. The molecule has 2 aromatic rings. The first-order valence-electron chi connectivity index (χ1n) is 6.45.